The standard InChI is InChI=1S/C59H37NS/c1-2-15-38(16-3-1)39-29-31-40(32-30-39)41-18-14-19-43(35-41)60(55-36-42-17-4-5-20-45(42)57-50-24-9-13-28-56(50)61-58(55)57)44-33-34-49-48-23-8-12-27-53(48)59(54(49)37-44)51-25-10-6-21-46(51)47-22-7-11-26-52(47)59/h1-37H. The molecule has 0 N–H and O–H groups in total. The van der Waals surface area contributed by atoms with Crippen LogP contribution in [0.5, 0.6) is 0 Å². The van der Waals surface area contributed by atoms with Gasteiger partial charge < -0.3 is 4.90 Å². The third kappa shape index (κ3) is 4.94. The molecule has 61 heavy (non-hydrogen) atoms. The second kappa shape index (κ2) is 13.2. The van der Waals surface area contributed by atoms with Crippen molar-refractivity contribution in [1.82, 2.24) is 0 Å². The average molecular weight is 792 g/mol. The number of nitrogens with zero attached hydrogens (tertiary/aromatic N) is 1. The zero-order valence-corrected chi connectivity index (χ0v) is 34.0. The van der Waals surface area contributed by atoms with Crippen molar-refractivity contribution >= 4 is 59.3 Å². The van der Waals surface area contributed by atoms with Crippen LogP contribution in [0.15, 0.2) is 224 Å². The minimum absolute atomic E-state index is 0.445. The molecule has 0 saturated heterocycles. The number of fused-ring (bicyclic) bond motifs is 15. The Morgan fingerprint density at radius 2 is 0.869 bits per heavy atom. The fourth-order valence-electron chi connectivity index (χ4n) is 10.7. The molecule has 2 heteroatoms. The van der Waals surface area contributed by atoms with Crippen LogP contribution >= 0.6 is 11.3 Å². The number of anilines is 3. The van der Waals surface area contributed by atoms with E-state index in [9.17, 15) is 0 Å². The lowest BCUT2D eigenvalue weighted by molar-refractivity contribution is 0.793. The predicted molar refractivity (Wildman–Crippen MR) is 259 cm³/mol. The summed E-state index contributed by atoms with van der Waals surface area (Å²) in [6, 6.07) is 83.5. The quantitative estimate of drug-likeness (QED) is 0.168. The number of rotatable bonds is 5. The van der Waals surface area contributed by atoms with Crippen LogP contribution in [0.25, 0.3) is 75.5 Å². The second-order valence-electron chi connectivity index (χ2n) is 16.4. The summed E-state index contributed by atoms with van der Waals surface area (Å²) in [7, 11) is 0. The summed E-state index contributed by atoms with van der Waals surface area (Å²) >= 11 is 1.89. The highest BCUT2D eigenvalue weighted by molar-refractivity contribution is 7.26. The van der Waals surface area contributed by atoms with Crippen LogP contribution in [0.4, 0.5) is 17.1 Å². The Labute approximate surface area is 359 Å². The van der Waals surface area contributed by atoms with Gasteiger partial charge in [0.15, 0.2) is 0 Å². The Morgan fingerprint density at radius 1 is 0.344 bits per heavy atom. The lowest BCUT2D eigenvalue weighted by Gasteiger charge is -2.32. The van der Waals surface area contributed by atoms with Gasteiger partial charge in [-0.3, -0.25) is 0 Å². The van der Waals surface area contributed by atoms with E-state index in [-0.39, 0.29) is 0 Å². The number of hydrogen-bond donors (Lipinski definition) is 0. The summed E-state index contributed by atoms with van der Waals surface area (Å²) in [6.45, 7) is 0. The molecule has 13 rings (SSSR count). The first kappa shape index (κ1) is 34.4. The Hall–Kier alpha value is -7.52. The minimum atomic E-state index is -0.445. The van der Waals surface area contributed by atoms with E-state index in [2.05, 4.69) is 229 Å². The van der Waals surface area contributed by atoms with Crippen molar-refractivity contribution in [2.45, 2.75) is 5.41 Å². The van der Waals surface area contributed by atoms with Gasteiger partial charge >= 0.3 is 0 Å². The van der Waals surface area contributed by atoms with Crippen LogP contribution in [0.3, 0.4) is 0 Å². The fraction of sp³-hybridized carbons (Fsp3) is 0.0169. The van der Waals surface area contributed by atoms with Crippen molar-refractivity contribution in [3.05, 3.63) is 247 Å². The number of benzene rings is 10. The number of thiophene rings is 1. The van der Waals surface area contributed by atoms with Gasteiger partial charge in [-0.25, -0.2) is 0 Å². The summed E-state index contributed by atoms with van der Waals surface area (Å²) < 4.78 is 2.58. The van der Waals surface area contributed by atoms with E-state index >= 15 is 0 Å². The topological polar surface area (TPSA) is 3.24 Å². The van der Waals surface area contributed by atoms with E-state index in [0.717, 1.165) is 11.4 Å². The first-order chi connectivity index (χ1) is 30.3. The molecule has 0 amide bonds. The van der Waals surface area contributed by atoms with Crippen molar-refractivity contribution in [3.63, 3.8) is 0 Å². The Bertz CT molecular complexity index is 3480. The van der Waals surface area contributed by atoms with E-state index in [1.165, 1.54) is 103 Å². The molecule has 0 bridgehead atoms. The zero-order valence-electron chi connectivity index (χ0n) is 33.2. The Morgan fingerprint density at radius 3 is 1.57 bits per heavy atom. The van der Waals surface area contributed by atoms with Gasteiger partial charge in [0.05, 0.1) is 15.8 Å². The van der Waals surface area contributed by atoms with Gasteiger partial charge in [-0.15, -0.1) is 11.3 Å². The summed E-state index contributed by atoms with van der Waals surface area (Å²) in [6.07, 6.45) is 0. The van der Waals surface area contributed by atoms with Crippen LogP contribution in [0, 0.1) is 0 Å². The van der Waals surface area contributed by atoms with Crippen LogP contribution < -0.4 is 4.90 Å². The molecular weight excluding hydrogens is 755 g/mol. The van der Waals surface area contributed by atoms with Crippen LogP contribution in [-0.4, -0.2) is 0 Å². The van der Waals surface area contributed by atoms with Crippen LogP contribution in [-0.2, 0) is 5.41 Å². The molecule has 1 spiro atoms. The van der Waals surface area contributed by atoms with E-state index in [1.807, 2.05) is 11.3 Å². The van der Waals surface area contributed by atoms with Crippen molar-refractivity contribution < 1.29 is 0 Å². The first-order valence-electron chi connectivity index (χ1n) is 21.1. The van der Waals surface area contributed by atoms with Gasteiger partial charge in [-0.1, -0.05) is 188 Å². The highest BCUT2D eigenvalue weighted by Crippen LogP contribution is 2.63. The monoisotopic (exact) mass is 791 g/mol. The van der Waals surface area contributed by atoms with Crippen LogP contribution in [0.1, 0.15) is 22.3 Å². The third-order valence-corrected chi connectivity index (χ3v) is 14.5. The van der Waals surface area contributed by atoms with E-state index < -0.39 is 5.41 Å². The average Bonchev–Trinajstić information content (AvgIpc) is 3.97. The van der Waals surface area contributed by atoms with E-state index in [0.29, 0.717) is 0 Å². The first-order valence-corrected chi connectivity index (χ1v) is 21.9. The molecule has 0 fully saturated rings. The zero-order chi connectivity index (χ0) is 40.1. The van der Waals surface area contributed by atoms with Crippen LogP contribution in [0.2, 0.25) is 0 Å². The van der Waals surface area contributed by atoms with E-state index in [1.54, 1.807) is 0 Å². The molecular formula is C59H37NS. The Kier molecular flexibility index (Phi) is 7.46. The number of hydrogen-bond acceptors (Lipinski definition) is 2. The van der Waals surface area contributed by atoms with Gasteiger partial charge in [-0.05, 0) is 114 Å². The van der Waals surface area contributed by atoms with Gasteiger partial charge in [0.2, 0.25) is 0 Å². The molecule has 1 nitrogen and oxygen atoms in total. The van der Waals surface area contributed by atoms with Crippen molar-refractivity contribution in [2.75, 3.05) is 4.90 Å². The van der Waals surface area contributed by atoms with Crippen molar-refractivity contribution in [1.29, 1.82) is 0 Å². The highest BCUT2D eigenvalue weighted by Gasteiger charge is 2.51. The van der Waals surface area contributed by atoms with Crippen molar-refractivity contribution in [2.24, 2.45) is 0 Å². The molecule has 0 atom stereocenters. The lowest BCUT2D eigenvalue weighted by atomic mass is 9.70. The largest absolute Gasteiger partial charge is 0.309 e. The molecule has 0 unspecified atom stereocenters. The van der Waals surface area contributed by atoms with E-state index in [4.69, 9.17) is 0 Å². The Balaban J connectivity index is 1.08. The summed E-state index contributed by atoms with van der Waals surface area (Å²) in [5.74, 6) is 0. The summed E-state index contributed by atoms with van der Waals surface area (Å²) in [5.41, 5.74) is 18.4. The van der Waals surface area contributed by atoms with Gasteiger partial charge in [-0.2, -0.15) is 0 Å². The molecule has 0 saturated carbocycles. The minimum Gasteiger partial charge on any atom is -0.309 e. The molecule has 0 radical (unpaired) electrons. The molecule has 11 aromatic rings. The maximum Gasteiger partial charge on any atom is 0.0726 e. The highest BCUT2D eigenvalue weighted by atomic mass is 32.1. The molecule has 284 valence electrons. The third-order valence-electron chi connectivity index (χ3n) is 13.3. The molecule has 10 aromatic carbocycles. The van der Waals surface area contributed by atoms with Crippen molar-refractivity contribution in [3.8, 4) is 44.5 Å². The van der Waals surface area contributed by atoms with Gasteiger partial charge in [0, 0.05) is 26.8 Å². The molecule has 2 aliphatic rings. The summed E-state index contributed by atoms with van der Waals surface area (Å²) in [4.78, 5) is 2.54. The van der Waals surface area contributed by atoms with Gasteiger partial charge in [0.25, 0.3) is 0 Å². The molecule has 2 aliphatic carbocycles. The SMILES string of the molecule is c1ccc(-c2ccc(-c3cccc(N(c4ccc5c(c4)C4(c6ccccc6-c6ccccc64)c4ccccc4-5)c4cc5ccccc5c5c4sc4ccccc45)c3)cc2)cc1. The maximum atomic E-state index is 2.54. The lowest BCUT2D eigenvalue weighted by Crippen LogP contribution is -2.26. The smallest absolute Gasteiger partial charge is 0.0726 e. The maximum absolute atomic E-state index is 2.54. The molecule has 1 aromatic heterocycles. The molecule has 1 heterocycles. The predicted octanol–water partition coefficient (Wildman–Crippen LogP) is 16.4. The summed E-state index contributed by atoms with van der Waals surface area (Å²) in [5, 5.41) is 5.13. The normalized spacial score (nSPS) is 13.0. The fourth-order valence-corrected chi connectivity index (χ4v) is 11.9. The second-order valence-corrected chi connectivity index (χ2v) is 17.4. The molecule has 0 aliphatic heterocycles. The van der Waals surface area contributed by atoms with Gasteiger partial charge in [0.1, 0.15) is 0 Å².